The van der Waals surface area contributed by atoms with Crippen molar-refractivity contribution >= 4 is 6.21 Å². The Labute approximate surface area is 145 Å². The third kappa shape index (κ3) is 7.00. The van der Waals surface area contributed by atoms with Crippen LogP contribution in [0.1, 0.15) is 70.3 Å². The Bertz CT molecular complexity index is 534. The van der Waals surface area contributed by atoms with E-state index in [4.69, 9.17) is 0 Å². The summed E-state index contributed by atoms with van der Waals surface area (Å²) in [5.41, 5.74) is -1.03. The van der Waals surface area contributed by atoms with Crippen molar-refractivity contribution in [2.75, 3.05) is 0 Å². The molecule has 0 bridgehead atoms. The van der Waals surface area contributed by atoms with Crippen molar-refractivity contribution in [3.8, 4) is 0 Å². The summed E-state index contributed by atoms with van der Waals surface area (Å²) in [6.45, 7) is 1.35. The van der Waals surface area contributed by atoms with Gasteiger partial charge in [-0.25, -0.2) is 22.0 Å². The highest BCUT2D eigenvalue weighted by Gasteiger charge is 2.25. The van der Waals surface area contributed by atoms with Crippen LogP contribution in [0.25, 0.3) is 0 Å². The van der Waals surface area contributed by atoms with Gasteiger partial charge < -0.3 is 4.84 Å². The molecule has 0 spiro atoms. The predicted molar refractivity (Wildman–Crippen MR) is 86.7 cm³/mol. The van der Waals surface area contributed by atoms with E-state index in [9.17, 15) is 22.0 Å². The quantitative estimate of drug-likeness (QED) is 0.105. The Morgan fingerprint density at radius 2 is 1.20 bits per heavy atom. The molecule has 142 valence electrons. The lowest BCUT2D eigenvalue weighted by Gasteiger charge is -2.06. The molecule has 0 saturated carbocycles. The lowest BCUT2D eigenvalue weighted by atomic mass is 10.1. The molecule has 0 aliphatic heterocycles. The number of rotatable bonds is 12. The Balaban J connectivity index is 2.24. The van der Waals surface area contributed by atoms with Gasteiger partial charge in [-0.1, -0.05) is 57.0 Å². The van der Waals surface area contributed by atoms with Crippen LogP contribution in [0.2, 0.25) is 0 Å². The topological polar surface area (TPSA) is 21.6 Å². The second-order valence-corrected chi connectivity index (χ2v) is 5.87. The van der Waals surface area contributed by atoms with Gasteiger partial charge in [-0.2, -0.15) is 0 Å². The maximum atomic E-state index is 13.4. The highest BCUT2D eigenvalue weighted by Crippen LogP contribution is 2.23. The Morgan fingerprint density at radius 1 is 0.720 bits per heavy atom. The maximum absolute atomic E-state index is 13.4. The van der Waals surface area contributed by atoms with Crippen LogP contribution in [-0.4, -0.2) is 6.21 Å². The van der Waals surface area contributed by atoms with E-state index in [1.807, 2.05) is 0 Å². The third-order valence-electron chi connectivity index (χ3n) is 3.85. The van der Waals surface area contributed by atoms with Crippen molar-refractivity contribution in [3.05, 3.63) is 34.6 Å². The first-order valence-corrected chi connectivity index (χ1v) is 8.64. The molecule has 0 atom stereocenters. The number of nitrogens with zero attached hydrogens (tertiary/aromatic N) is 1. The van der Waals surface area contributed by atoms with Crippen molar-refractivity contribution in [3.63, 3.8) is 0 Å². The molecule has 0 N–H and O–H groups in total. The predicted octanol–water partition coefficient (Wildman–Crippen LogP) is 6.42. The van der Waals surface area contributed by atoms with Crippen LogP contribution in [0.4, 0.5) is 22.0 Å². The van der Waals surface area contributed by atoms with Crippen molar-refractivity contribution in [2.24, 2.45) is 5.16 Å². The molecule has 7 heteroatoms. The molecule has 0 saturated heterocycles. The van der Waals surface area contributed by atoms with E-state index in [-0.39, 0.29) is 0 Å². The molecule has 0 aliphatic rings. The van der Waals surface area contributed by atoms with Gasteiger partial charge in [0.05, 0.1) is 5.56 Å². The number of hydrogen-bond donors (Lipinski definition) is 0. The SMILES string of the molecule is CCCCCCCCCC/C=N\OCc1c(F)c(F)c(F)c(F)c1F. The molecular weight excluding hydrogens is 341 g/mol. The number of unbranched alkanes of at least 4 members (excludes halogenated alkanes) is 8. The summed E-state index contributed by atoms with van der Waals surface area (Å²) in [4.78, 5) is 4.64. The van der Waals surface area contributed by atoms with Gasteiger partial charge in [0.25, 0.3) is 0 Å². The molecule has 0 aromatic heterocycles. The van der Waals surface area contributed by atoms with E-state index < -0.39 is 41.3 Å². The van der Waals surface area contributed by atoms with E-state index in [1.165, 1.54) is 38.3 Å². The average molecular weight is 365 g/mol. The number of benzene rings is 1. The third-order valence-corrected chi connectivity index (χ3v) is 3.85. The lowest BCUT2D eigenvalue weighted by Crippen LogP contribution is -2.07. The normalized spacial score (nSPS) is 11.4. The summed E-state index contributed by atoms with van der Waals surface area (Å²) in [6.07, 6.45) is 11.4. The second kappa shape index (κ2) is 11.8. The monoisotopic (exact) mass is 365 g/mol. The summed E-state index contributed by atoms with van der Waals surface area (Å²) in [7, 11) is 0. The van der Waals surface area contributed by atoms with E-state index in [0.29, 0.717) is 6.42 Å². The summed E-state index contributed by atoms with van der Waals surface area (Å²) in [6, 6.07) is 0. The van der Waals surface area contributed by atoms with Crippen LogP contribution >= 0.6 is 0 Å². The largest absolute Gasteiger partial charge is 0.391 e. The second-order valence-electron chi connectivity index (χ2n) is 5.87. The maximum Gasteiger partial charge on any atom is 0.200 e. The van der Waals surface area contributed by atoms with Crippen molar-refractivity contribution in [1.29, 1.82) is 0 Å². The molecule has 2 nitrogen and oxygen atoms in total. The van der Waals surface area contributed by atoms with Gasteiger partial charge in [0.2, 0.25) is 5.82 Å². The van der Waals surface area contributed by atoms with Crippen molar-refractivity contribution in [1.82, 2.24) is 0 Å². The van der Waals surface area contributed by atoms with Gasteiger partial charge in [-0.3, -0.25) is 0 Å². The lowest BCUT2D eigenvalue weighted by molar-refractivity contribution is 0.124. The molecule has 0 fully saturated rings. The molecule has 0 heterocycles. The Morgan fingerprint density at radius 3 is 1.76 bits per heavy atom. The minimum atomic E-state index is -2.18. The summed E-state index contributed by atoms with van der Waals surface area (Å²) in [5.74, 6) is -9.94. The number of halogens is 5. The van der Waals surface area contributed by atoms with Gasteiger partial charge in [0.15, 0.2) is 23.3 Å². The van der Waals surface area contributed by atoms with E-state index in [1.54, 1.807) is 0 Å². The van der Waals surface area contributed by atoms with Crippen LogP contribution in [0.15, 0.2) is 5.16 Å². The van der Waals surface area contributed by atoms with Gasteiger partial charge in [0, 0.05) is 6.21 Å². The minimum Gasteiger partial charge on any atom is -0.391 e. The van der Waals surface area contributed by atoms with E-state index >= 15 is 0 Å². The Kier molecular flexibility index (Phi) is 10.1. The molecule has 0 unspecified atom stereocenters. The first-order chi connectivity index (χ1) is 12.0. The molecule has 0 radical (unpaired) electrons. The fourth-order valence-electron chi connectivity index (χ4n) is 2.35. The van der Waals surface area contributed by atoms with Crippen molar-refractivity contribution in [2.45, 2.75) is 71.3 Å². The molecule has 1 aromatic carbocycles. The Hall–Kier alpha value is -1.66. The summed E-state index contributed by atoms with van der Waals surface area (Å²) >= 11 is 0. The molecule has 0 aliphatic carbocycles. The zero-order chi connectivity index (χ0) is 18.7. The molecule has 1 aromatic rings. The zero-order valence-corrected chi connectivity index (χ0v) is 14.4. The van der Waals surface area contributed by atoms with Gasteiger partial charge in [-0.05, 0) is 12.8 Å². The standard InChI is InChI=1S/C18H24F5NO/c1-2-3-4-5-6-7-8-9-10-11-24-25-12-13-14(19)16(21)18(23)17(22)15(13)20/h11H,2-10,12H2,1H3/b24-11-. The average Bonchev–Trinajstić information content (AvgIpc) is 2.61. The summed E-state index contributed by atoms with van der Waals surface area (Å²) in [5, 5.41) is 3.49. The summed E-state index contributed by atoms with van der Waals surface area (Å²) < 4.78 is 65.6. The van der Waals surface area contributed by atoms with Crippen LogP contribution in [-0.2, 0) is 11.4 Å². The van der Waals surface area contributed by atoms with Crippen LogP contribution < -0.4 is 0 Å². The van der Waals surface area contributed by atoms with Crippen LogP contribution in [0, 0.1) is 29.1 Å². The van der Waals surface area contributed by atoms with Crippen LogP contribution in [0.3, 0.4) is 0 Å². The number of oxime groups is 1. The first-order valence-electron chi connectivity index (χ1n) is 8.64. The molecule has 25 heavy (non-hydrogen) atoms. The number of hydrogen-bond acceptors (Lipinski definition) is 2. The first kappa shape index (κ1) is 21.4. The smallest absolute Gasteiger partial charge is 0.200 e. The van der Waals surface area contributed by atoms with Crippen molar-refractivity contribution < 1.29 is 26.8 Å². The van der Waals surface area contributed by atoms with Gasteiger partial charge in [-0.15, -0.1) is 0 Å². The van der Waals surface area contributed by atoms with E-state index in [2.05, 4.69) is 16.9 Å². The fourth-order valence-corrected chi connectivity index (χ4v) is 2.35. The fraction of sp³-hybridized carbons (Fsp3) is 0.611. The minimum absolute atomic E-state index is 0.631. The van der Waals surface area contributed by atoms with E-state index in [0.717, 1.165) is 19.3 Å². The van der Waals surface area contributed by atoms with Crippen LogP contribution in [0.5, 0.6) is 0 Å². The molecule has 0 amide bonds. The van der Waals surface area contributed by atoms with Gasteiger partial charge in [0.1, 0.15) is 6.61 Å². The highest BCUT2D eigenvalue weighted by molar-refractivity contribution is 5.56. The zero-order valence-electron chi connectivity index (χ0n) is 14.4. The van der Waals surface area contributed by atoms with Gasteiger partial charge >= 0.3 is 0 Å². The highest BCUT2D eigenvalue weighted by atomic mass is 19.2. The molecule has 1 rings (SSSR count). The molecular formula is C18H24F5NO.